The van der Waals surface area contributed by atoms with E-state index in [0.717, 1.165) is 0 Å². The maximum atomic E-state index is 3.19. The zero-order valence-corrected chi connectivity index (χ0v) is 9.18. The third kappa shape index (κ3) is 1.12. The van der Waals surface area contributed by atoms with Crippen LogP contribution in [-0.2, 0) is 7.05 Å². The van der Waals surface area contributed by atoms with Crippen LogP contribution in [0.4, 0.5) is 5.69 Å². The van der Waals surface area contributed by atoms with E-state index in [9.17, 15) is 0 Å². The molecule has 1 aliphatic rings. The van der Waals surface area contributed by atoms with Gasteiger partial charge in [0.15, 0.2) is 0 Å². The van der Waals surface area contributed by atoms with E-state index in [1.807, 2.05) is 6.20 Å². The van der Waals surface area contributed by atoms with Crippen molar-refractivity contribution in [1.82, 2.24) is 9.99 Å². The highest BCUT2D eigenvalue weighted by molar-refractivity contribution is 5.72. The second-order valence-electron chi connectivity index (χ2n) is 4.09. The van der Waals surface area contributed by atoms with Crippen LogP contribution < -0.4 is 10.9 Å². The predicted octanol–water partition coefficient (Wildman–Crippen LogP) is 2.36. The molecule has 0 aromatic carbocycles. The molecule has 0 aliphatic carbocycles. The first-order chi connectivity index (χ1) is 6.63. The lowest BCUT2D eigenvalue weighted by Crippen LogP contribution is -2.18. The van der Waals surface area contributed by atoms with Gasteiger partial charge in [0.1, 0.15) is 0 Å². The lowest BCUT2D eigenvalue weighted by atomic mass is 10.1. The molecular formula is C11H17N3. The average Bonchev–Trinajstić information content (AvgIpc) is 2.41. The zero-order chi connectivity index (χ0) is 10.3. The van der Waals surface area contributed by atoms with Crippen LogP contribution in [0.2, 0.25) is 0 Å². The fraction of sp³-hybridized carbons (Fsp3) is 0.455. The van der Waals surface area contributed by atoms with Gasteiger partial charge in [-0.05, 0) is 24.5 Å². The van der Waals surface area contributed by atoms with E-state index < -0.39 is 0 Å². The molecular weight excluding hydrogens is 174 g/mol. The van der Waals surface area contributed by atoms with E-state index in [1.165, 1.54) is 22.6 Å². The predicted molar refractivity (Wildman–Crippen MR) is 60.0 cm³/mol. The molecule has 2 rings (SSSR count). The highest BCUT2D eigenvalue weighted by Crippen LogP contribution is 2.32. The molecule has 0 atom stereocenters. The van der Waals surface area contributed by atoms with Gasteiger partial charge < -0.3 is 9.99 Å². The highest BCUT2D eigenvalue weighted by atomic mass is 15.4. The van der Waals surface area contributed by atoms with Crippen LogP contribution in [0.15, 0.2) is 6.20 Å². The summed E-state index contributed by atoms with van der Waals surface area (Å²) in [6.07, 6.45) is 4.02. The maximum Gasteiger partial charge on any atom is 0.0823 e. The van der Waals surface area contributed by atoms with E-state index in [4.69, 9.17) is 0 Å². The fourth-order valence-corrected chi connectivity index (χ4v) is 2.28. The molecule has 0 radical (unpaired) electrons. The summed E-state index contributed by atoms with van der Waals surface area (Å²) in [6, 6.07) is 0. The van der Waals surface area contributed by atoms with Crippen LogP contribution in [0.3, 0.4) is 0 Å². The summed E-state index contributed by atoms with van der Waals surface area (Å²) in [5.41, 5.74) is 11.4. The number of anilines is 1. The number of nitrogens with one attached hydrogen (secondary N) is 2. The van der Waals surface area contributed by atoms with Crippen molar-refractivity contribution >= 4 is 11.8 Å². The molecule has 14 heavy (non-hydrogen) atoms. The lowest BCUT2D eigenvalue weighted by molar-refractivity contribution is 0.730. The van der Waals surface area contributed by atoms with E-state index in [-0.39, 0.29) is 0 Å². The van der Waals surface area contributed by atoms with E-state index in [0.29, 0.717) is 5.92 Å². The van der Waals surface area contributed by atoms with Crippen molar-refractivity contribution in [2.24, 2.45) is 7.05 Å². The van der Waals surface area contributed by atoms with Crippen molar-refractivity contribution < 1.29 is 0 Å². The quantitative estimate of drug-likeness (QED) is 0.713. The minimum Gasteiger partial charge on any atom is -0.346 e. The van der Waals surface area contributed by atoms with Gasteiger partial charge in [-0.3, -0.25) is 5.43 Å². The number of fused-ring (bicyclic) bond motifs is 1. The van der Waals surface area contributed by atoms with E-state index in [2.05, 4.69) is 49.3 Å². The zero-order valence-electron chi connectivity index (χ0n) is 9.18. The molecule has 76 valence electrons. The fourth-order valence-electron chi connectivity index (χ4n) is 2.28. The molecule has 3 heteroatoms. The minimum atomic E-state index is 0.556. The van der Waals surface area contributed by atoms with Gasteiger partial charge >= 0.3 is 0 Å². The monoisotopic (exact) mass is 191 g/mol. The molecule has 3 nitrogen and oxygen atoms in total. The molecule has 1 aliphatic heterocycles. The first-order valence-corrected chi connectivity index (χ1v) is 5.00. The second-order valence-corrected chi connectivity index (χ2v) is 4.09. The van der Waals surface area contributed by atoms with Gasteiger partial charge in [-0.25, -0.2) is 0 Å². The second kappa shape index (κ2) is 3.08. The number of hydrogen-bond donors (Lipinski definition) is 2. The third-order valence-corrected chi connectivity index (χ3v) is 2.81. The van der Waals surface area contributed by atoms with Gasteiger partial charge in [-0.2, -0.15) is 0 Å². The Hall–Kier alpha value is -1.38. The molecule has 0 fully saturated rings. The van der Waals surface area contributed by atoms with Crippen LogP contribution in [0.1, 0.15) is 36.7 Å². The van der Waals surface area contributed by atoms with Crippen LogP contribution >= 0.6 is 0 Å². The summed E-state index contributed by atoms with van der Waals surface area (Å²) in [7, 11) is 2.12. The molecule has 0 saturated heterocycles. The Morgan fingerprint density at radius 3 is 2.64 bits per heavy atom. The molecule has 1 aromatic heterocycles. The topological polar surface area (TPSA) is 29.0 Å². The number of hydrazine groups is 1. The molecule has 2 N–H and O–H groups in total. The Kier molecular flexibility index (Phi) is 2.02. The summed E-state index contributed by atoms with van der Waals surface area (Å²) in [5, 5.41) is 0. The summed E-state index contributed by atoms with van der Waals surface area (Å²) in [6.45, 7) is 6.62. The highest BCUT2D eigenvalue weighted by Gasteiger charge is 2.19. The molecule has 0 bridgehead atoms. The van der Waals surface area contributed by atoms with Crippen LogP contribution in [0, 0.1) is 6.92 Å². The Bertz CT molecular complexity index is 386. The Balaban J connectivity index is 2.64. The summed E-state index contributed by atoms with van der Waals surface area (Å²) in [4.78, 5) is 0. The largest absolute Gasteiger partial charge is 0.346 e. The number of hydrogen-bond acceptors (Lipinski definition) is 2. The van der Waals surface area contributed by atoms with Gasteiger partial charge in [-0.15, -0.1) is 0 Å². The normalized spacial score (nSPS) is 13.8. The molecule has 0 amide bonds. The standard InChI is InChI=1S/C11H17N3/c1-7(2)11-8(3)10-9(14(11)4)5-6-12-13-10/h5-7,12-13H,1-4H3. The van der Waals surface area contributed by atoms with Gasteiger partial charge in [-0.1, -0.05) is 13.8 Å². The Morgan fingerprint density at radius 1 is 1.36 bits per heavy atom. The summed E-state index contributed by atoms with van der Waals surface area (Å²) in [5.74, 6) is 0.556. The van der Waals surface area contributed by atoms with Gasteiger partial charge in [0, 0.05) is 18.9 Å². The van der Waals surface area contributed by atoms with Crippen molar-refractivity contribution in [2.75, 3.05) is 5.43 Å². The third-order valence-electron chi connectivity index (χ3n) is 2.81. The number of nitrogens with zero attached hydrogens (tertiary/aromatic N) is 1. The van der Waals surface area contributed by atoms with Crippen molar-refractivity contribution in [3.63, 3.8) is 0 Å². The minimum absolute atomic E-state index is 0.556. The smallest absolute Gasteiger partial charge is 0.0823 e. The molecule has 2 heterocycles. The van der Waals surface area contributed by atoms with Crippen molar-refractivity contribution in [2.45, 2.75) is 26.7 Å². The van der Waals surface area contributed by atoms with Gasteiger partial charge in [0.25, 0.3) is 0 Å². The van der Waals surface area contributed by atoms with E-state index >= 15 is 0 Å². The summed E-state index contributed by atoms with van der Waals surface area (Å²) >= 11 is 0. The first kappa shape index (κ1) is 9.19. The SMILES string of the molecule is Cc1c2c(n(C)c1C(C)C)C=CNN2. The Morgan fingerprint density at radius 2 is 2.07 bits per heavy atom. The molecule has 0 saturated carbocycles. The van der Waals surface area contributed by atoms with Crippen LogP contribution in [-0.4, -0.2) is 4.57 Å². The number of aromatic nitrogens is 1. The average molecular weight is 191 g/mol. The molecule has 0 unspecified atom stereocenters. The molecule has 1 aromatic rings. The van der Waals surface area contributed by atoms with Gasteiger partial charge in [0.2, 0.25) is 0 Å². The number of rotatable bonds is 1. The maximum absolute atomic E-state index is 3.19. The van der Waals surface area contributed by atoms with Crippen LogP contribution in [0.5, 0.6) is 0 Å². The van der Waals surface area contributed by atoms with Crippen molar-refractivity contribution in [3.8, 4) is 0 Å². The van der Waals surface area contributed by atoms with Crippen molar-refractivity contribution in [1.29, 1.82) is 0 Å². The van der Waals surface area contributed by atoms with Crippen LogP contribution in [0.25, 0.3) is 6.08 Å². The van der Waals surface area contributed by atoms with Gasteiger partial charge in [0.05, 0.1) is 11.4 Å². The van der Waals surface area contributed by atoms with Crippen molar-refractivity contribution in [3.05, 3.63) is 23.2 Å². The summed E-state index contributed by atoms with van der Waals surface area (Å²) < 4.78 is 2.26. The first-order valence-electron chi connectivity index (χ1n) is 5.00. The van der Waals surface area contributed by atoms with E-state index in [1.54, 1.807) is 0 Å². The molecule has 0 spiro atoms. The Labute approximate surface area is 84.8 Å². The lowest BCUT2D eigenvalue weighted by Gasteiger charge is -2.12.